The summed E-state index contributed by atoms with van der Waals surface area (Å²) in [7, 11) is -3.01. The summed E-state index contributed by atoms with van der Waals surface area (Å²) in [6.45, 7) is 6.79. The summed E-state index contributed by atoms with van der Waals surface area (Å²) in [6.07, 6.45) is 0.721. The first-order valence-electron chi connectivity index (χ1n) is 7.41. The molecule has 0 bridgehead atoms. The third-order valence-corrected chi connectivity index (χ3v) is 7.27. The van der Waals surface area contributed by atoms with E-state index in [1.807, 2.05) is 19.9 Å². The number of nitrogens with zero attached hydrogens (tertiary/aromatic N) is 2. The number of hydrogen-bond acceptors (Lipinski definition) is 6. The largest absolute Gasteiger partial charge is 0.381 e. The third kappa shape index (κ3) is 2.51. The van der Waals surface area contributed by atoms with Crippen LogP contribution < -0.4 is 0 Å². The highest BCUT2D eigenvalue weighted by molar-refractivity contribution is 7.93. The molecule has 0 saturated carbocycles. The van der Waals surface area contributed by atoms with Gasteiger partial charge in [-0.05, 0) is 20.3 Å². The van der Waals surface area contributed by atoms with Crippen LogP contribution in [0.2, 0.25) is 0 Å². The number of sulfone groups is 1. The van der Waals surface area contributed by atoms with Gasteiger partial charge in [0.2, 0.25) is 0 Å². The summed E-state index contributed by atoms with van der Waals surface area (Å²) >= 11 is 0. The molecule has 1 unspecified atom stereocenters. The van der Waals surface area contributed by atoms with Gasteiger partial charge in [-0.2, -0.15) is 0 Å². The average molecular weight is 314 g/mol. The lowest BCUT2D eigenvalue weighted by atomic mass is 9.83. The first-order valence-corrected chi connectivity index (χ1v) is 9.07. The molecule has 3 heterocycles. The number of rotatable bonds is 5. The molecular formula is C14H22N2O4S. The third-order valence-electron chi connectivity index (χ3n) is 4.67. The first kappa shape index (κ1) is 15.0. The molecular weight excluding hydrogens is 292 g/mol. The zero-order valence-electron chi connectivity index (χ0n) is 12.5. The Hall–Kier alpha value is -0.920. The molecule has 21 heavy (non-hydrogen) atoms. The Morgan fingerprint density at radius 1 is 1.52 bits per heavy atom. The normalized spacial score (nSPS) is 27.0. The molecule has 1 spiro atoms. The smallest absolute Gasteiger partial charge is 0.158 e. The van der Waals surface area contributed by atoms with Crippen LogP contribution in [0, 0.1) is 12.8 Å². The Bertz CT molecular complexity index is 604. The molecule has 1 atom stereocenters. The second kappa shape index (κ2) is 5.37. The van der Waals surface area contributed by atoms with E-state index < -0.39 is 14.6 Å². The fraction of sp³-hybridized carbons (Fsp3) is 0.786. The molecule has 0 aliphatic carbocycles. The molecule has 2 aliphatic rings. The van der Waals surface area contributed by atoms with Gasteiger partial charge in [-0.25, -0.2) is 8.42 Å². The molecule has 0 aromatic carbocycles. The Morgan fingerprint density at radius 3 is 2.90 bits per heavy atom. The van der Waals surface area contributed by atoms with Gasteiger partial charge in [-0.3, -0.25) is 4.90 Å². The van der Waals surface area contributed by atoms with Gasteiger partial charge < -0.3 is 9.26 Å². The molecule has 118 valence electrons. The van der Waals surface area contributed by atoms with Crippen molar-refractivity contribution in [3.8, 4) is 0 Å². The van der Waals surface area contributed by atoms with E-state index in [-0.39, 0.29) is 5.92 Å². The molecule has 7 heteroatoms. The monoisotopic (exact) mass is 314 g/mol. The predicted molar refractivity (Wildman–Crippen MR) is 77.6 cm³/mol. The van der Waals surface area contributed by atoms with E-state index in [1.165, 1.54) is 0 Å². The zero-order chi connectivity index (χ0) is 15.1. The lowest BCUT2D eigenvalue weighted by Crippen LogP contribution is -2.67. The molecule has 6 nitrogen and oxygen atoms in total. The molecule has 0 amide bonds. The second-order valence-corrected chi connectivity index (χ2v) is 8.55. The minimum atomic E-state index is -3.01. The van der Waals surface area contributed by atoms with Crippen molar-refractivity contribution < 1.29 is 17.7 Å². The van der Waals surface area contributed by atoms with E-state index in [4.69, 9.17) is 9.26 Å². The van der Waals surface area contributed by atoms with Gasteiger partial charge in [0.25, 0.3) is 0 Å². The minimum Gasteiger partial charge on any atom is -0.381 e. The Kier molecular flexibility index (Phi) is 3.83. The van der Waals surface area contributed by atoms with Gasteiger partial charge in [-0.1, -0.05) is 5.16 Å². The Labute approximate surface area is 125 Å². The standard InChI is InChI=1S/C14H22N2O4S/c1-3-19-8-12-4-5-21(17,18)14(12)9-16(10-14)7-13-6-11(2)20-15-13/h6,12H,3-5,7-10H2,1-2H3. The quantitative estimate of drug-likeness (QED) is 0.807. The fourth-order valence-corrected chi connectivity index (χ4v) is 5.97. The maximum Gasteiger partial charge on any atom is 0.158 e. The van der Waals surface area contributed by atoms with Gasteiger partial charge >= 0.3 is 0 Å². The van der Waals surface area contributed by atoms with Crippen molar-refractivity contribution in [3.05, 3.63) is 17.5 Å². The summed E-state index contributed by atoms with van der Waals surface area (Å²) in [5.41, 5.74) is 0.860. The predicted octanol–water partition coefficient (Wildman–Crippen LogP) is 1.01. The maximum absolute atomic E-state index is 12.4. The van der Waals surface area contributed by atoms with Crippen molar-refractivity contribution >= 4 is 9.84 Å². The van der Waals surface area contributed by atoms with Crippen molar-refractivity contribution in [2.45, 2.75) is 31.6 Å². The molecule has 0 N–H and O–H groups in total. The molecule has 1 aromatic rings. The van der Waals surface area contributed by atoms with E-state index >= 15 is 0 Å². The summed E-state index contributed by atoms with van der Waals surface area (Å²) in [4.78, 5) is 2.12. The summed E-state index contributed by atoms with van der Waals surface area (Å²) in [5.74, 6) is 1.20. The van der Waals surface area contributed by atoms with E-state index in [2.05, 4.69) is 10.1 Å². The van der Waals surface area contributed by atoms with Crippen LogP contribution in [-0.2, 0) is 21.1 Å². The molecule has 2 aliphatic heterocycles. The van der Waals surface area contributed by atoms with Crippen LogP contribution in [0.5, 0.6) is 0 Å². The number of ether oxygens (including phenoxy) is 1. The Balaban J connectivity index is 1.67. The van der Waals surface area contributed by atoms with Crippen molar-refractivity contribution in [1.82, 2.24) is 10.1 Å². The van der Waals surface area contributed by atoms with Crippen LogP contribution in [-0.4, -0.2) is 55.3 Å². The van der Waals surface area contributed by atoms with Crippen LogP contribution in [0.1, 0.15) is 24.8 Å². The number of aryl methyl sites for hydroxylation is 1. The Morgan fingerprint density at radius 2 is 2.29 bits per heavy atom. The van der Waals surface area contributed by atoms with Crippen molar-refractivity contribution in [1.29, 1.82) is 0 Å². The van der Waals surface area contributed by atoms with Crippen molar-refractivity contribution in [3.63, 3.8) is 0 Å². The van der Waals surface area contributed by atoms with Crippen LogP contribution in [0.3, 0.4) is 0 Å². The van der Waals surface area contributed by atoms with Crippen LogP contribution in [0.25, 0.3) is 0 Å². The first-order chi connectivity index (χ1) is 9.97. The lowest BCUT2D eigenvalue weighted by molar-refractivity contribution is 0.0282. The van der Waals surface area contributed by atoms with Crippen molar-refractivity contribution in [2.75, 3.05) is 32.1 Å². The highest BCUT2D eigenvalue weighted by Crippen LogP contribution is 2.45. The summed E-state index contributed by atoms with van der Waals surface area (Å²) < 4.78 is 34.8. The van der Waals surface area contributed by atoms with Crippen molar-refractivity contribution in [2.24, 2.45) is 5.92 Å². The molecule has 2 fully saturated rings. The number of aromatic nitrogens is 1. The second-order valence-electron chi connectivity index (χ2n) is 6.10. The van der Waals surface area contributed by atoms with E-state index in [9.17, 15) is 8.42 Å². The van der Waals surface area contributed by atoms with E-state index in [1.54, 1.807) is 0 Å². The van der Waals surface area contributed by atoms with Crippen LogP contribution in [0.15, 0.2) is 10.6 Å². The average Bonchev–Trinajstić information content (AvgIpc) is 2.89. The number of likely N-dealkylation sites (tertiary alicyclic amines) is 1. The van der Waals surface area contributed by atoms with Gasteiger partial charge in [0.05, 0.1) is 18.1 Å². The topological polar surface area (TPSA) is 72.6 Å². The molecule has 1 aromatic heterocycles. The van der Waals surface area contributed by atoms with E-state index in [0.29, 0.717) is 38.6 Å². The summed E-state index contributed by atoms with van der Waals surface area (Å²) in [6, 6.07) is 1.89. The minimum absolute atomic E-state index is 0.123. The van der Waals surface area contributed by atoms with Gasteiger partial charge in [-0.15, -0.1) is 0 Å². The van der Waals surface area contributed by atoms with Gasteiger partial charge in [0, 0.05) is 38.2 Å². The zero-order valence-corrected chi connectivity index (χ0v) is 13.4. The fourth-order valence-electron chi connectivity index (χ4n) is 3.51. The van der Waals surface area contributed by atoms with Crippen LogP contribution >= 0.6 is 0 Å². The van der Waals surface area contributed by atoms with E-state index in [0.717, 1.165) is 17.9 Å². The van der Waals surface area contributed by atoms with Crippen LogP contribution in [0.4, 0.5) is 0 Å². The van der Waals surface area contributed by atoms with Gasteiger partial charge in [0.1, 0.15) is 10.5 Å². The lowest BCUT2D eigenvalue weighted by Gasteiger charge is -2.49. The molecule has 3 rings (SSSR count). The summed E-state index contributed by atoms with van der Waals surface area (Å²) in [5, 5.41) is 3.97. The maximum atomic E-state index is 12.4. The number of hydrogen-bond donors (Lipinski definition) is 0. The molecule has 0 radical (unpaired) electrons. The van der Waals surface area contributed by atoms with Gasteiger partial charge in [0.15, 0.2) is 9.84 Å². The highest BCUT2D eigenvalue weighted by Gasteiger charge is 2.61. The molecule has 2 saturated heterocycles. The SMILES string of the molecule is CCOCC1CCS(=O)(=O)C12CN(Cc1cc(C)on1)C2. The highest BCUT2D eigenvalue weighted by atomic mass is 32.2.